The smallest absolute Gasteiger partial charge is 0.253 e. The highest BCUT2D eigenvalue weighted by Gasteiger charge is 2.14. The van der Waals surface area contributed by atoms with Crippen LogP contribution in [0.1, 0.15) is 12.5 Å². The molecular weight excluding hydrogens is 352 g/mol. The molecule has 0 saturated carbocycles. The van der Waals surface area contributed by atoms with Crippen molar-refractivity contribution < 1.29 is 4.79 Å². The quantitative estimate of drug-likeness (QED) is 0.383. The van der Waals surface area contributed by atoms with Crippen molar-refractivity contribution in [2.24, 2.45) is 5.10 Å². The Labute approximate surface area is 135 Å². The summed E-state index contributed by atoms with van der Waals surface area (Å²) in [5.41, 5.74) is 3.41. The van der Waals surface area contributed by atoms with Crippen LogP contribution in [0.3, 0.4) is 0 Å². The summed E-state index contributed by atoms with van der Waals surface area (Å²) in [5, 5.41) is 4.18. The molecule has 0 saturated heterocycles. The van der Waals surface area contributed by atoms with Crippen molar-refractivity contribution in [1.82, 2.24) is 15.4 Å². The topological polar surface area (TPSA) is 67.2 Å². The van der Waals surface area contributed by atoms with E-state index in [-0.39, 0.29) is 11.2 Å². The molecule has 1 heterocycles. The van der Waals surface area contributed by atoms with E-state index < -0.39 is 0 Å². The molecule has 108 valence electrons. The zero-order chi connectivity index (χ0) is 15.1. The molecule has 0 aliphatic heterocycles. The number of thioether (sulfide) groups is 1. The van der Waals surface area contributed by atoms with Crippen LogP contribution in [0.2, 0.25) is 0 Å². The molecule has 1 aromatic carbocycles. The fraction of sp³-hybridized carbons (Fsp3) is 0.143. The Bertz CT molecular complexity index is 636. The van der Waals surface area contributed by atoms with Gasteiger partial charge in [0.1, 0.15) is 0 Å². The molecule has 21 heavy (non-hydrogen) atoms. The molecule has 2 aromatic rings. The average molecular weight is 365 g/mol. The van der Waals surface area contributed by atoms with Crippen molar-refractivity contribution in [3.05, 3.63) is 52.8 Å². The van der Waals surface area contributed by atoms with Crippen LogP contribution in [0.25, 0.3) is 0 Å². The number of benzene rings is 1. The first-order valence-corrected chi connectivity index (χ1v) is 7.84. The van der Waals surface area contributed by atoms with Gasteiger partial charge in [0.25, 0.3) is 5.91 Å². The number of nitrogens with one attached hydrogen (secondary N) is 1. The minimum atomic E-state index is -0.327. The molecule has 1 N–H and O–H groups in total. The molecule has 1 aromatic heterocycles. The SMILES string of the molecule is CC(Sc1ncccn1)C(=O)NN=Cc1cccc(Br)c1. The zero-order valence-corrected chi connectivity index (χ0v) is 13.6. The summed E-state index contributed by atoms with van der Waals surface area (Å²) in [6.45, 7) is 1.78. The molecule has 7 heteroatoms. The van der Waals surface area contributed by atoms with Gasteiger partial charge in [0.2, 0.25) is 0 Å². The number of amides is 1. The van der Waals surface area contributed by atoms with Crippen molar-refractivity contribution in [3.63, 3.8) is 0 Å². The van der Waals surface area contributed by atoms with E-state index in [0.717, 1.165) is 10.0 Å². The number of carbonyl (C=O) groups excluding carboxylic acids is 1. The highest BCUT2D eigenvalue weighted by molar-refractivity contribution is 9.10. The Morgan fingerprint density at radius 3 is 2.86 bits per heavy atom. The lowest BCUT2D eigenvalue weighted by atomic mass is 10.2. The van der Waals surface area contributed by atoms with Crippen LogP contribution >= 0.6 is 27.7 Å². The van der Waals surface area contributed by atoms with E-state index in [4.69, 9.17) is 0 Å². The van der Waals surface area contributed by atoms with Crippen molar-refractivity contribution >= 4 is 39.8 Å². The molecule has 0 aliphatic rings. The third kappa shape index (κ3) is 5.28. The van der Waals surface area contributed by atoms with Gasteiger partial charge in [-0.05, 0) is 30.7 Å². The Hall–Kier alpha value is -1.73. The number of aromatic nitrogens is 2. The van der Waals surface area contributed by atoms with Crippen molar-refractivity contribution in [1.29, 1.82) is 0 Å². The van der Waals surface area contributed by atoms with Gasteiger partial charge in [0, 0.05) is 16.9 Å². The first kappa shape index (κ1) is 15.7. The molecule has 0 radical (unpaired) electrons. The number of nitrogens with zero attached hydrogens (tertiary/aromatic N) is 3. The Balaban J connectivity index is 1.86. The second-order valence-corrected chi connectivity index (χ2v) is 6.30. The maximum absolute atomic E-state index is 11.9. The Kier molecular flexibility index (Phi) is 5.89. The fourth-order valence-corrected chi connectivity index (χ4v) is 2.54. The van der Waals surface area contributed by atoms with Gasteiger partial charge in [-0.15, -0.1) is 0 Å². The predicted molar refractivity (Wildman–Crippen MR) is 87.2 cm³/mol. The van der Waals surface area contributed by atoms with Crippen LogP contribution in [0.4, 0.5) is 0 Å². The number of rotatable bonds is 5. The lowest BCUT2D eigenvalue weighted by molar-refractivity contribution is -0.120. The second-order valence-electron chi connectivity index (χ2n) is 4.08. The van der Waals surface area contributed by atoms with Crippen molar-refractivity contribution in [2.75, 3.05) is 0 Å². The van der Waals surface area contributed by atoms with Gasteiger partial charge in [-0.25, -0.2) is 15.4 Å². The standard InChI is InChI=1S/C14H13BrN4OS/c1-10(21-14-16-6-3-7-17-14)13(20)19-18-9-11-4-2-5-12(15)8-11/h2-10H,1H3,(H,19,20). The number of carbonyl (C=O) groups is 1. The molecule has 5 nitrogen and oxygen atoms in total. The van der Waals surface area contributed by atoms with Crippen LogP contribution in [0.5, 0.6) is 0 Å². The van der Waals surface area contributed by atoms with Crippen molar-refractivity contribution in [2.45, 2.75) is 17.3 Å². The molecular formula is C14H13BrN4OS. The lowest BCUT2D eigenvalue weighted by Crippen LogP contribution is -2.27. The zero-order valence-electron chi connectivity index (χ0n) is 11.2. The van der Waals surface area contributed by atoms with Crippen LogP contribution in [-0.2, 0) is 4.79 Å². The molecule has 1 atom stereocenters. The normalized spacial score (nSPS) is 12.3. The number of halogens is 1. The molecule has 0 spiro atoms. The number of hydrogen-bond donors (Lipinski definition) is 1. The maximum Gasteiger partial charge on any atom is 0.253 e. The largest absolute Gasteiger partial charge is 0.272 e. The summed E-state index contributed by atoms with van der Waals surface area (Å²) < 4.78 is 0.961. The molecule has 0 bridgehead atoms. The summed E-state index contributed by atoms with van der Waals surface area (Å²) >= 11 is 4.66. The Morgan fingerprint density at radius 2 is 2.14 bits per heavy atom. The van der Waals surface area contributed by atoms with Crippen LogP contribution < -0.4 is 5.43 Å². The van der Waals surface area contributed by atoms with E-state index in [0.29, 0.717) is 5.16 Å². The first-order valence-electron chi connectivity index (χ1n) is 6.17. The van der Waals surface area contributed by atoms with Gasteiger partial charge < -0.3 is 0 Å². The molecule has 1 unspecified atom stereocenters. The van der Waals surface area contributed by atoms with E-state index in [1.807, 2.05) is 24.3 Å². The van der Waals surface area contributed by atoms with Crippen LogP contribution in [0, 0.1) is 0 Å². The van der Waals surface area contributed by atoms with Crippen LogP contribution in [-0.4, -0.2) is 27.3 Å². The summed E-state index contributed by atoms with van der Waals surface area (Å²) in [6.07, 6.45) is 4.88. The third-order valence-corrected chi connectivity index (χ3v) is 3.91. The minimum Gasteiger partial charge on any atom is -0.272 e. The number of hydrazone groups is 1. The summed E-state index contributed by atoms with van der Waals surface area (Å²) in [4.78, 5) is 20.0. The Morgan fingerprint density at radius 1 is 1.38 bits per heavy atom. The maximum atomic E-state index is 11.9. The summed E-state index contributed by atoms with van der Waals surface area (Å²) in [6, 6.07) is 9.37. The molecule has 1 amide bonds. The van der Waals surface area contributed by atoms with Gasteiger partial charge in [-0.3, -0.25) is 4.79 Å². The fourth-order valence-electron chi connectivity index (χ4n) is 1.41. The third-order valence-electron chi connectivity index (χ3n) is 2.43. The van der Waals surface area contributed by atoms with Gasteiger partial charge in [0.05, 0.1) is 11.5 Å². The molecule has 2 rings (SSSR count). The summed E-state index contributed by atoms with van der Waals surface area (Å²) in [7, 11) is 0. The van der Waals surface area contributed by atoms with E-state index in [1.54, 1.807) is 31.6 Å². The number of hydrogen-bond acceptors (Lipinski definition) is 5. The monoisotopic (exact) mass is 364 g/mol. The van der Waals surface area contributed by atoms with Crippen molar-refractivity contribution in [3.8, 4) is 0 Å². The highest BCUT2D eigenvalue weighted by Crippen LogP contribution is 2.18. The summed E-state index contributed by atoms with van der Waals surface area (Å²) in [5.74, 6) is -0.196. The predicted octanol–water partition coefficient (Wildman–Crippen LogP) is 2.87. The van der Waals surface area contributed by atoms with E-state index in [1.165, 1.54) is 11.8 Å². The van der Waals surface area contributed by atoms with Crippen LogP contribution in [0.15, 0.2) is 57.5 Å². The molecule has 0 fully saturated rings. The molecule has 0 aliphatic carbocycles. The van der Waals surface area contributed by atoms with E-state index >= 15 is 0 Å². The average Bonchev–Trinajstić information content (AvgIpc) is 2.48. The van der Waals surface area contributed by atoms with Gasteiger partial charge in [0.15, 0.2) is 5.16 Å². The minimum absolute atomic E-state index is 0.196. The second kappa shape index (κ2) is 7.90. The van der Waals surface area contributed by atoms with Gasteiger partial charge in [-0.2, -0.15) is 5.10 Å². The van der Waals surface area contributed by atoms with E-state index in [9.17, 15) is 4.79 Å². The lowest BCUT2D eigenvalue weighted by Gasteiger charge is -2.07. The first-order chi connectivity index (χ1) is 10.1. The highest BCUT2D eigenvalue weighted by atomic mass is 79.9. The van der Waals surface area contributed by atoms with Gasteiger partial charge >= 0.3 is 0 Å². The van der Waals surface area contributed by atoms with Gasteiger partial charge in [-0.1, -0.05) is 39.8 Å². The van der Waals surface area contributed by atoms with E-state index in [2.05, 4.69) is 36.4 Å².